The minimum atomic E-state index is 0.446. The second kappa shape index (κ2) is 6.61. The van der Waals surface area contributed by atoms with Gasteiger partial charge in [0.25, 0.3) is 0 Å². The molecule has 1 aliphatic heterocycles. The van der Waals surface area contributed by atoms with Crippen LogP contribution < -0.4 is 15.1 Å². The molecule has 0 spiro atoms. The van der Waals surface area contributed by atoms with Gasteiger partial charge in [-0.3, -0.25) is 0 Å². The summed E-state index contributed by atoms with van der Waals surface area (Å²) in [5.41, 5.74) is 0.774. The molecule has 0 bridgehead atoms. The summed E-state index contributed by atoms with van der Waals surface area (Å²) in [6.07, 6.45) is 3.16. The van der Waals surface area contributed by atoms with Crippen LogP contribution in [0.25, 0.3) is 10.2 Å². The minimum Gasteiger partial charge on any atom is -0.383 e. The van der Waals surface area contributed by atoms with Crippen molar-refractivity contribution < 1.29 is 0 Å². The molecule has 3 aromatic rings. The number of nitrogens with zero attached hydrogens (tertiary/aromatic N) is 6. The van der Waals surface area contributed by atoms with Crippen LogP contribution in [-0.2, 0) is 0 Å². The first-order valence-electron chi connectivity index (χ1n) is 8.06. The third-order valence-corrected chi connectivity index (χ3v) is 5.59. The van der Waals surface area contributed by atoms with Crippen LogP contribution in [-0.4, -0.2) is 53.2 Å². The van der Waals surface area contributed by atoms with Crippen molar-refractivity contribution in [2.24, 2.45) is 0 Å². The molecule has 4 rings (SSSR count). The van der Waals surface area contributed by atoms with E-state index in [4.69, 9.17) is 11.6 Å². The molecule has 25 heavy (non-hydrogen) atoms. The molecule has 9 heteroatoms. The lowest BCUT2D eigenvalue weighted by Gasteiger charge is -2.36. The Morgan fingerprint density at radius 2 is 1.64 bits per heavy atom. The van der Waals surface area contributed by atoms with Crippen molar-refractivity contribution in [3.8, 4) is 0 Å². The molecule has 1 N–H and O–H groups in total. The largest absolute Gasteiger partial charge is 0.383 e. The first-order valence-corrected chi connectivity index (χ1v) is 9.26. The molecule has 130 valence electrons. The number of fused-ring (bicyclic) bond motifs is 1. The SMILES string of the molecule is CNc1c(Cl)ncnc1N1CCN(c2ncnc3sc(C)cc23)CC1. The molecule has 0 saturated carbocycles. The number of rotatable bonds is 3. The molecule has 7 nitrogen and oxygen atoms in total. The molecule has 1 aliphatic rings. The Morgan fingerprint density at radius 1 is 1.00 bits per heavy atom. The molecule has 1 fully saturated rings. The smallest absolute Gasteiger partial charge is 0.157 e. The molecule has 1 saturated heterocycles. The lowest BCUT2D eigenvalue weighted by Crippen LogP contribution is -2.47. The predicted octanol–water partition coefficient (Wildman–Crippen LogP) is 2.81. The number of halogens is 1. The minimum absolute atomic E-state index is 0.446. The van der Waals surface area contributed by atoms with E-state index in [2.05, 4.69) is 48.0 Å². The van der Waals surface area contributed by atoms with Gasteiger partial charge in [-0.15, -0.1) is 11.3 Å². The van der Waals surface area contributed by atoms with Crippen LogP contribution in [0.15, 0.2) is 18.7 Å². The fraction of sp³-hybridized carbons (Fsp3) is 0.375. The fourth-order valence-electron chi connectivity index (χ4n) is 3.16. The molecule has 3 aromatic heterocycles. The second-order valence-corrected chi connectivity index (χ2v) is 7.45. The highest BCUT2D eigenvalue weighted by Crippen LogP contribution is 2.32. The molecule has 4 heterocycles. The van der Waals surface area contributed by atoms with Crippen LogP contribution in [0.5, 0.6) is 0 Å². The number of piperazine rings is 1. The number of hydrogen-bond donors (Lipinski definition) is 1. The lowest BCUT2D eigenvalue weighted by molar-refractivity contribution is 0.643. The van der Waals surface area contributed by atoms with Gasteiger partial charge in [-0.2, -0.15) is 0 Å². The first-order chi connectivity index (χ1) is 12.2. The fourth-order valence-corrected chi connectivity index (χ4v) is 4.22. The lowest BCUT2D eigenvalue weighted by atomic mass is 10.2. The summed E-state index contributed by atoms with van der Waals surface area (Å²) in [6, 6.07) is 2.17. The van der Waals surface area contributed by atoms with E-state index < -0.39 is 0 Å². The van der Waals surface area contributed by atoms with Gasteiger partial charge in [-0.1, -0.05) is 11.6 Å². The average Bonchev–Trinajstić information content (AvgIpc) is 3.02. The molecule has 0 radical (unpaired) electrons. The summed E-state index contributed by atoms with van der Waals surface area (Å²) in [5.74, 6) is 1.87. The molecular formula is C16H18ClN7S. The van der Waals surface area contributed by atoms with Crippen LogP contribution in [0.2, 0.25) is 5.15 Å². The Kier molecular flexibility index (Phi) is 4.30. The van der Waals surface area contributed by atoms with Crippen LogP contribution in [0.1, 0.15) is 4.88 Å². The summed E-state index contributed by atoms with van der Waals surface area (Å²) in [7, 11) is 1.83. The maximum Gasteiger partial charge on any atom is 0.157 e. The molecule has 0 aliphatic carbocycles. The van der Waals surface area contributed by atoms with Gasteiger partial charge in [0.1, 0.15) is 29.0 Å². The van der Waals surface area contributed by atoms with Crippen molar-refractivity contribution in [3.05, 3.63) is 28.8 Å². The Bertz CT molecular complexity index is 905. The zero-order valence-corrected chi connectivity index (χ0v) is 15.6. The maximum atomic E-state index is 6.17. The van der Waals surface area contributed by atoms with E-state index in [1.54, 1.807) is 17.7 Å². The highest BCUT2D eigenvalue weighted by atomic mass is 35.5. The zero-order chi connectivity index (χ0) is 17.4. The van der Waals surface area contributed by atoms with E-state index in [0.717, 1.165) is 53.7 Å². The van der Waals surface area contributed by atoms with E-state index in [0.29, 0.717) is 5.15 Å². The van der Waals surface area contributed by atoms with Gasteiger partial charge < -0.3 is 15.1 Å². The summed E-state index contributed by atoms with van der Waals surface area (Å²) in [4.78, 5) is 24.2. The Balaban J connectivity index is 1.56. The molecule has 0 aromatic carbocycles. The van der Waals surface area contributed by atoms with Gasteiger partial charge in [0.15, 0.2) is 11.0 Å². The quantitative estimate of drug-likeness (QED) is 0.706. The number of thiophene rings is 1. The van der Waals surface area contributed by atoms with E-state index in [1.807, 2.05) is 7.05 Å². The van der Waals surface area contributed by atoms with Crippen molar-refractivity contribution in [3.63, 3.8) is 0 Å². The van der Waals surface area contributed by atoms with Crippen molar-refractivity contribution in [1.29, 1.82) is 0 Å². The second-order valence-electron chi connectivity index (χ2n) is 5.86. The van der Waals surface area contributed by atoms with Crippen LogP contribution in [0.4, 0.5) is 17.3 Å². The van der Waals surface area contributed by atoms with E-state index in [1.165, 1.54) is 11.2 Å². The molecule has 0 atom stereocenters. The topological polar surface area (TPSA) is 70.1 Å². The van der Waals surface area contributed by atoms with E-state index in [-0.39, 0.29) is 0 Å². The van der Waals surface area contributed by atoms with Gasteiger partial charge in [-0.25, -0.2) is 19.9 Å². The van der Waals surface area contributed by atoms with Crippen LogP contribution >= 0.6 is 22.9 Å². The van der Waals surface area contributed by atoms with Gasteiger partial charge in [0.05, 0.1) is 5.39 Å². The third-order valence-electron chi connectivity index (χ3n) is 4.34. The highest BCUT2D eigenvalue weighted by Gasteiger charge is 2.23. The number of anilines is 3. The summed E-state index contributed by atoms with van der Waals surface area (Å²) < 4.78 is 0. The summed E-state index contributed by atoms with van der Waals surface area (Å²) in [5, 5.41) is 4.68. The maximum absolute atomic E-state index is 6.17. The van der Waals surface area contributed by atoms with Gasteiger partial charge >= 0.3 is 0 Å². The molecular weight excluding hydrogens is 358 g/mol. The molecule has 0 unspecified atom stereocenters. The van der Waals surface area contributed by atoms with Gasteiger partial charge in [-0.05, 0) is 13.0 Å². The average molecular weight is 376 g/mol. The van der Waals surface area contributed by atoms with E-state index in [9.17, 15) is 0 Å². The first kappa shape index (κ1) is 16.3. The normalized spacial score (nSPS) is 15.0. The Labute approximate surface area is 154 Å². The van der Waals surface area contributed by atoms with Crippen LogP contribution in [0, 0.1) is 6.92 Å². The number of hydrogen-bond acceptors (Lipinski definition) is 8. The standard InChI is InChI=1S/C16H18ClN7S/c1-10-7-11-14(20-9-22-16(11)25-10)23-3-5-24(6-4-23)15-12(18-2)13(17)19-8-21-15/h7-9,18H,3-6H2,1-2H3. The Morgan fingerprint density at radius 3 is 2.36 bits per heavy atom. The highest BCUT2D eigenvalue weighted by molar-refractivity contribution is 7.18. The third kappa shape index (κ3) is 2.96. The predicted molar refractivity (Wildman–Crippen MR) is 103 cm³/mol. The van der Waals surface area contributed by atoms with Crippen LogP contribution in [0.3, 0.4) is 0 Å². The van der Waals surface area contributed by atoms with Crippen molar-refractivity contribution in [2.45, 2.75) is 6.92 Å². The van der Waals surface area contributed by atoms with Crippen molar-refractivity contribution in [2.75, 3.05) is 48.3 Å². The number of aromatic nitrogens is 4. The Hall–Kier alpha value is -2.19. The zero-order valence-electron chi connectivity index (χ0n) is 14.0. The summed E-state index contributed by atoms with van der Waals surface area (Å²) in [6.45, 7) is 5.52. The van der Waals surface area contributed by atoms with Gasteiger partial charge in [0, 0.05) is 38.1 Å². The number of nitrogens with one attached hydrogen (secondary N) is 1. The van der Waals surface area contributed by atoms with E-state index >= 15 is 0 Å². The number of aryl methyl sites for hydroxylation is 1. The molecule has 0 amide bonds. The monoisotopic (exact) mass is 375 g/mol. The summed E-state index contributed by atoms with van der Waals surface area (Å²) >= 11 is 7.88. The van der Waals surface area contributed by atoms with Gasteiger partial charge in [0.2, 0.25) is 0 Å². The van der Waals surface area contributed by atoms with Crippen molar-refractivity contribution in [1.82, 2.24) is 19.9 Å². The van der Waals surface area contributed by atoms with Crippen molar-refractivity contribution >= 4 is 50.5 Å².